The molecular weight excluding hydrogens is 398 g/mol. The van der Waals surface area contributed by atoms with Crippen LogP contribution in [0, 0.1) is 23.2 Å². The Morgan fingerprint density at radius 2 is 1.93 bits per heavy atom. The second kappa shape index (κ2) is 9.48. The maximum absolute atomic E-state index is 12.7. The second-order valence-corrected chi connectivity index (χ2v) is 10.8. The molecule has 3 fully saturated rings. The number of rotatable bonds is 10. The highest BCUT2D eigenvalue weighted by molar-refractivity contribution is 7.92. The molecule has 3 aliphatic rings. The summed E-state index contributed by atoms with van der Waals surface area (Å²) in [4.78, 5) is 10.6. The Morgan fingerprint density at radius 1 is 1.20 bits per heavy atom. The average Bonchev–Trinajstić information content (AvgIpc) is 2.70. The highest BCUT2D eigenvalue weighted by Gasteiger charge is 2.57. The number of carboxylic acids is 1. The molecule has 4 rings (SSSR count). The standard InChI is InChI=1S/C24H33NO4S/c1-24(2)19-16-21(24)20(12-8-3-4-9-13-23(26)27)22(17-19)25-30(28,29)15-14-18-10-6-5-7-11-18/h3,5-8,10-11,14-15,19-22,25H,4,9,12-13,16-17H2,1-2H3,(H,26,27)/b8-3-,15-14+/t19-,20+,21+,22+/m1/s1. The van der Waals surface area contributed by atoms with Crippen molar-refractivity contribution in [3.05, 3.63) is 53.5 Å². The predicted octanol–water partition coefficient (Wildman–Crippen LogP) is 4.83. The lowest BCUT2D eigenvalue weighted by atomic mass is 9.44. The lowest BCUT2D eigenvalue weighted by Crippen LogP contribution is -2.61. The number of carboxylic acid groups (broad SMARTS) is 1. The van der Waals surface area contributed by atoms with Crippen LogP contribution >= 0.6 is 0 Å². The molecule has 0 aliphatic heterocycles. The van der Waals surface area contributed by atoms with E-state index in [1.165, 1.54) is 11.8 Å². The molecular formula is C24H33NO4S. The Morgan fingerprint density at radius 3 is 2.60 bits per heavy atom. The van der Waals surface area contributed by atoms with Gasteiger partial charge in [0.05, 0.1) is 0 Å². The molecule has 0 unspecified atom stereocenters. The molecule has 164 valence electrons. The summed E-state index contributed by atoms with van der Waals surface area (Å²) in [5.41, 5.74) is 1.11. The van der Waals surface area contributed by atoms with Gasteiger partial charge in [-0.1, -0.05) is 56.3 Å². The fraction of sp³-hybridized carbons (Fsp3) is 0.542. The van der Waals surface area contributed by atoms with Crippen molar-refractivity contribution in [1.82, 2.24) is 4.72 Å². The van der Waals surface area contributed by atoms with Crippen molar-refractivity contribution < 1.29 is 18.3 Å². The van der Waals surface area contributed by atoms with Gasteiger partial charge in [0.15, 0.2) is 0 Å². The van der Waals surface area contributed by atoms with Crippen molar-refractivity contribution >= 4 is 22.1 Å². The van der Waals surface area contributed by atoms with Crippen LogP contribution in [-0.4, -0.2) is 25.5 Å². The fourth-order valence-corrected chi connectivity index (χ4v) is 6.24. The second-order valence-electron chi connectivity index (χ2n) is 9.24. The minimum absolute atomic E-state index is 0.0594. The molecule has 5 nitrogen and oxygen atoms in total. The van der Waals surface area contributed by atoms with Crippen LogP contribution < -0.4 is 4.72 Å². The van der Waals surface area contributed by atoms with Crippen LogP contribution in [0.25, 0.3) is 6.08 Å². The summed E-state index contributed by atoms with van der Waals surface area (Å²) in [5, 5.41) is 10.0. The van der Waals surface area contributed by atoms with Gasteiger partial charge in [-0.3, -0.25) is 4.79 Å². The quantitative estimate of drug-likeness (QED) is 0.411. The van der Waals surface area contributed by atoms with Crippen LogP contribution in [-0.2, 0) is 14.8 Å². The third kappa shape index (κ3) is 5.61. The minimum atomic E-state index is -3.52. The number of hydrogen-bond acceptors (Lipinski definition) is 3. The summed E-state index contributed by atoms with van der Waals surface area (Å²) < 4.78 is 28.4. The number of nitrogens with one attached hydrogen (secondary N) is 1. The van der Waals surface area contributed by atoms with Crippen LogP contribution in [0.15, 0.2) is 47.9 Å². The zero-order valence-electron chi connectivity index (χ0n) is 17.8. The van der Waals surface area contributed by atoms with Crippen LogP contribution in [0.2, 0.25) is 0 Å². The molecule has 1 aromatic rings. The van der Waals surface area contributed by atoms with E-state index in [0.29, 0.717) is 18.3 Å². The molecule has 0 heterocycles. The number of carbonyl (C=O) groups is 1. The maximum Gasteiger partial charge on any atom is 0.303 e. The highest BCUT2D eigenvalue weighted by atomic mass is 32.2. The number of aliphatic carboxylic acids is 1. The van der Waals surface area contributed by atoms with Crippen LogP contribution in [0.5, 0.6) is 0 Å². The van der Waals surface area contributed by atoms with E-state index in [1.807, 2.05) is 36.4 Å². The number of fused-ring (bicyclic) bond motifs is 2. The topological polar surface area (TPSA) is 83.5 Å². The molecule has 0 aromatic heterocycles. The number of sulfonamides is 1. The van der Waals surface area contributed by atoms with Gasteiger partial charge in [0, 0.05) is 17.9 Å². The van der Waals surface area contributed by atoms with Gasteiger partial charge >= 0.3 is 5.97 Å². The van der Waals surface area contributed by atoms with E-state index in [9.17, 15) is 13.2 Å². The summed E-state index contributed by atoms with van der Waals surface area (Å²) in [6.07, 6.45) is 10.2. The molecule has 0 radical (unpaired) electrons. The van der Waals surface area contributed by atoms with Crippen molar-refractivity contribution in [3.63, 3.8) is 0 Å². The molecule has 0 spiro atoms. The molecule has 0 amide bonds. The number of benzene rings is 1. The largest absolute Gasteiger partial charge is 0.481 e. The summed E-state index contributed by atoms with van der Waals surface area (Å²) in [6, 6.07) is 9.37. The smallest absolute Gasteiger partial charge is 0.303 e. The molecule has 4 atom stereocenters. The van der Waals surface area contributed by atoms with Gasteiger partial charge in [-0.25, -0.2) is 13.1 Å². The molecule has 0 saturated heterocycles. The van der Waals surface area contributed by atoms with E-state index in [4.69, 9.17) is 5.11 Å². The van der Waals surface area contributed by atoms with E-state index >= 15 is 0 Å². The third-order valence-corrected chi connectivity index (χ3v) is 8.14. The monoisotopic (exact) mass is 431 g/mol. The molecule has 3 aliphatic carbocycles. The molecule has 30 heavy (non-hydrogen) atoms. The van der Waals surface area contributed by atoms with Crippen molar-refractivity contribution in [1.29, 1.82) is 0 Å². The maximum atomic E-state index is 12.7. The van der Waals surface area contributed by atoms with Gasteiger partial charge in [0.2, 0.25) is 10.0 Å². The Labute approximate surface area is 180 Å². The summed E-state index contributed by atoms with van der Waals surface area (Å²) in [5.74, 6) is 0.561. The van der Waals surface area contributed by atoms with Gasteiger partial charge in [-0.2, -0.15) is 0 Å². The van der Waals surface area contributed by atoms with Crippen LogP contribution in [0.4, 0.5) is 0 Å². The fourth-order valence-electron chi connectivity index (χ4n) is 5.13. The summed E-state index contributed by atoms with van der Waals surface area (Å²) in [7, 11) is -3.52. The molecule has 2 N–H and O–H groups in total. The van der Waals surface area contributed by atoms with Gasteiger partial charge in [-0.05, 0) is 66.9 Å². The van der Waals surface area contributed by atoms with Crippen molar-refractivity contribution in [2.24, 2.45) is 23.2 Å². The Bertz CT molecular complexity index is 889. The first-order valence-electron chi connectivity index (χ1n) is 10.8. The summed E-state index contributed by atoms with van der Waals surface area (Å²) >= 11 is 0. The molecule has 3 saturated carbocycles. The SMILES string of the molecule is CC1(C)[C@H]2C[C@H](NS(=O)(=O)/C=C/c3ccccc3)[C@@H](C/C=C\CCCC(=O)O)[C@@H]1C2. The Kier molecular flexibility index (Phi) is 7.19. The number of hydrogen-bond donors (Lipinski definition) is 2. The van der Waals surface area contributed by atoms with E-state index in [0.717, 1.165) is 24.8 Å². The van der Waals surface area contributed by atoms with Gasteiger partial charge in [0.25, 0.3) is 0 Å². The van der Waals surface area contributed by atoms with Crippen molar-refractivity contribution in [3.8, 4) is 0 Å². The lowest BCUT2D eigenvalue weighted by Gasteiger charge is -2.62. The normalized spacial score (nSPS) is 27.9. The zero-order valence-corrected chi connectivity index (χ0v) is 18.6. The van der Waals surface area contributed by atoms with Crippen LogP contribution in [0.1, 0.15) is 57.9 Å². The van der Waals surface area contributed by atoms with E-state index < -0.39 is 16.0 Å². The van der Waals surface area contributed by atoms with Crippen LogP contribution in [0.3, 0.4) is 0 Å². The van der Waals surface area contributed by atoms with Gasteiger partial charge in [0.1, 0.15) is 0 Å². The number of unbranched alkanes of at least 4 members (excludes halogenated alkanes) is 1. The van der Waals surface area contributed by atoms with Gasteiger partial charge in [-0.15, -0.1) is 0 Å². The van der Waals surface area contributed by atoms with Crippen molar-refractivity contribution in [2.75, 3.05) is 0 Å². The van der Waals surface area contributed by atoms with E-state index in [1.54, 1.807) is 6.08 Å². The Hall–Kier alpha value is -1.92. The first-order valence-corrected chi connectivity index (χ1v) is 12.4. The third-order valence-electron chi connectivity index (χ3n) is 7.01. The van der Waals surface area contributed by atoms with Crippen molar-refractivity contribution in [2.45, 2.75) is 58.4 Å². The zero-order chi connectivity index (χ0) is 21.8. The highest BCUT2D eigenvalue weighted by Crippen LogP contribution is 2.62. The first kappa shape index (κ1) is 22.8. The van der Waals surface area contributed by atoms with E-state index in [-0.39, 0.29) is 23.8 Å². The minimum Gasteiger partial charge on any atom is -0.481 e. The number of allylic oxidation sites excluding steroid dienone is 2. The summed E-state index contributed by atoms with van der Waals surface area (Å²) in [6.45, 7) is 4.60. The molecule has 2 bridgehead atoms. The predicted molar refractivity (Wildman–Crippen MR) is 120 cm³/mol. The molecule has 1 aromatic carbocycles. The van der Waals surface area contributed by atoms with E-state index in [2.05, 4.69) is 24.6 Å². The van der Waals surface area contributed by atoms with Gasteiger partial charge < -0.3 is 5.11 Å². The first-order chi connectivity index (χ1) is 14.2. The average molecular weight is 432 g/mol. The molecule has 6 heteroatoms. The Balaban J connectivity index is 1.63. The lowest BCUT2D eigenvalue weighted by molar-refractivity contribution is -0.137.